The Hall–Kier alpha value is -0.320. The van der Waals surface area contributed by atoms with Crippen molar-refractivity contribution < 1.29 is 4.42 Å². The molecule has 3 nitrogen and oxygen atoms in total. The number of nitrogens with one attached hydrogen (secondary N) is 1. The Morgan fingerprint density at radius 2 is 2.12 bits per heavy atom. The monoisotopic (exact) mass is 286 g/mol. The summed E-state index contributed by atoms with van der Waals surface area (Å²) in [6.07, 6.45) is 5.86. The van der Waals surface area contributed by atoms with Crippen molar-refractivity contribution in [2.75, 3.05) is 26.2 Å². The molecule has 0 aromatic carbocycles. The molecule has 1 aliphatic rings. The van der Waals surface area contributed by atoms with E-state index in [4.69, 9.17) is 4.42 Å². The van der Waals surface area contributed by atoms with Crippen LogP contribution in [0.2, 0.25) is 0 Å². The summed E-state index contributed by atoms with van der Waals surface area (Å²) in [6, 6.07) is 2.00. The molecule has 0 aliphatic carbocycles. The van der Waals surface area contributed by atoms with Crippen LogP contribution in [-0.4, -0.2) is 31.1 Å². The minimum Gasteiger partial charge on any atom is -0.457 e. The lowest BCUT2D eigenvalue weighted by Crippen LogP contribution is -2.35. The predicted molar refractivity (Wildman–Crippen MR) is 68.4 cm³/mol. The number of likely N-dealkylation sites (tertiary alicyclic amines) is 1. The smallest absolute Gasteiger partial charge is 0.173 e. The van der Waals surface area contributed by atoms with Crippen molar-refractivity contribution in [3.8, 4) is 0 Å². The summed E-state index contributed by atoms with van der Waals surface area (Å²) >= 11 is 3.38. The Bertz CT molecular complexity index is 308. The van der Waals surface area contributed by atoms with Gasteiger partial charge in [-0.1, -0.05) is 6.42 Å². The zero-order valence-electron chi connectivity index (χ0n) is 9.54. The summed E-state index contributed by atoms with van der Waals surface area (Å²) in [5, 5.41) is 3.44. The van der Waals surface area contributed by atoms with Gasteiger partial charge in [-0.05, 0) is 47.9 Å². The zero-order chi connectivity index (χ0) is 11.2. The fraction of sp³-hybridized carbons (Fsp3) is 0.667. The Morgan fingerprint density at radius 3 is 2.81 bits per heavy atom. The fourth-order valence-electron chi connectivity index (χ4n) is 2.09. The molecule has 0 saturated carbocycles. The second-order valence-electron chi connectivity index (χ2n) is 4.30. The molecular formula is C12H19BrN2O. The van der Waals surface area contributed by atoms with Gasteiger partial charge >= 0.3 is 0 Å². The van der Waals surface area contributed by atoms with Crippen LogP contribution < -0.4 is 5.32 Å². The lowest BCUT2D eigenvalue weighted by atomic mass is 10.1. The molecule has 16 heavy (non-hydrogen) atoms. The molecule has 1 saturated heterocycles. The van der Waals surface area contributed by atoms with E-state index in [-0.39, 0.29) is 0 Å². The number of hydrogen-bond donors (Lipinski definition) is 1. The van der Waals surface area contributed by atoms with Crippen LogP contribution in [0.1, 0.15) is 24.8 Å². The van der Waals surface area contributed by atoms with Crippen LogP contribution in [0.3, 0.4) is 0 Å². The molecule has 1 N–H and O–H groups in total. The first-order chi connectivity index (χ1) is 7.86. The second kappa shape index (κ2) is 6.42. The molecule has 0 radical (unpaired) electrons. The molecule has 2 rings (SSSR count). The predicted octanol–water partition coefficient (Wildman–Crippen LogP) is 2.62. The van der Waals surface area contributed by atoms with E-state index in [1.807, 2.05) is 6.07 Å². The molecule has 0 unspecified atom stereocenters. The lowest BCUT2D eigenvalue weighted by molar-refractivity contribution is 0.229. The van der Waals surface area contributed by atoms with Gasteiger partial charge in [0, 0.05) is 25.2 Å². The van der Waals surface area contributed by atoms with Crippen LogP contribution in [0.5, 0.6) is 0 Å². The third-order valence-corrected chi connectivity index (χ3v) is 3.76. The highest BCUT2D eigenvalue weighted by Gasteiger charge is 2.09. The zero-order valence-corrected chi connectivity index (χ0v) is 11.1. The average Bonchev–Trinajstić information content (AvgIpc) is 2.72. The van der Waals surface area contributed by atoms with Crippen molar-refractivity contribution in [3.05, 3.63) is 22.6 Å². The Labute approximate surface area is 105 Å². The van der Waals surface area contributed by atoms with Gasteiger partial charge in [-0.2, -0.15) is 0 Å². The van der Waals surface area contributed by atoms with Crippen LogP contribution in [0.15, 0.2) is 21.4 Å². The van der Waals surface area contributed by atoms with E-state index in [1.54, 1.807) is 6.26 Å². The molecule has 90 valence electrons. The number of hydrogen-bond acceptors (Lipinski definition) is 3. The summed E-state index contributed by atoms with van der Waals surface area (Å²) in [4.78, 5) is 2.54. The maximum absolute atomic E-state index is 5.18. The highest BCUT2D eigenvalue weighted by molar-refractivity contribution is 9.10. The van der Waals surface area contributed by atoms with Crippen LogP contribution in [-0.2, 0) is 6.54 Å². The minimum absolute atomic E-state index is 0.845. The van der Waals surface area contributed by atoms with Gasteiger partial charge in [-0.15, -0.1) is 0 Å². The average molecular weight is 287 g/mol. The van der Waals surface area contributed by atoms with Crippen LogP contribution >= 0.6 is 15.9 Å². The van der Waals surface area contributed by atoms with Gasteiger partial charge in [-0.3, -0.25) is 0 Å². The Balaban J connectivity index is 1.59. The fourth-order valence-corrected chi connectivity index (χ4v) is 2.47. The molecule has 0 bridgehead atoms. The van der Waals surface area contributed by atoms with Gasteiger partial charge in [0.05, 0.1) is 6.26 Å². The lowest BCUT2D eigenvalue weighted by Gasteiger charge is -2.26. The second-order valence-corrected chi connectivity index (χ2v) is 5.02. The molecule has 0 atom stereocenters. The molecule has 1 aliphatic heterocycles. The summed E-state index contributed by atoms with van der Waals surface area (Å²) in [5.74, 6) is 0. The largest absolute Gasteiger partial charge is 0.457 e. The van der Waals surface area contributed by atoms with Gasteiger partial charge in [-0.25, -0.2) is 0 Å². The molecule has 2 heterocycles. The third-order valence-electron chi connectivity index (χ3n) is 3.06. The van der Waals surface area contributed by atoms with Crippen molar-refractivity contribution in [3.63, 3.8) is 0 Å². The van der Waals surface area contributed by atoms with Crippen LogP contribution in [0.25, 0.3) is 0 Å². The SMILES string of the molecule is Brc1occc1CNCCN1CCCCC1. The Kier molecular flexibility index (Phi) is 4.88. The molecule has 4 heteroatoms. The van der Waals surface area contributed by atoms with Gasteiger partial charge in [0.1, 0.15) is 0 Å². The van der Waals surface area contributed by atoms with E-state index >= 15 is 0 Å². The molecule has 0 amide bonds. The first-order valence-electron chi connectivity index (χ1n) is 6.01. The van der Waals surface area contributed by atoms with Crippen molar-refractivity contribution in [1.29, 1.82) is 0 Å². The van der Waals surface area contributed by atoms with Gasteiger partial charge in [0.2, 0.25) is 0 Å². The van der Waals surface area contributed by atoms with Crippen LogP contribution in [0, 0.1) is 0 Å². The van der Waals surface area contributed by atoms with E-state index in [1.165, 1.54) is 37.9 Å². The maximum atomic E-state index is 5.18. The summed E-state index contributed by atoms with van der Waals surface area (Å²) in [7, 11) is 0. The van der Waals surface area contributed by atoms with Gasteiger partial charge < -0.3 is 14.6 Å². The topological polar surface area (TPSA) is 28.4 Å². The third kappa shape index (κ3) is 3.61. The van der Waals surface area contributed by atoms with Gasteiger partial charge in [0.15, 0.2) is 4.67 Å². The van der Waals surface area contributed by atoms with Gasteiger partial charge in [0.25, 0.3) is 0 Å². The van der Waals surface area contributed by atoms with E-state index in [2.05, 4.69) is 26.1 Å². The van der Waals surface area contributed by atoms with Crippen molar-refractivity contribution in [2.45, 2.75) is 25.8 Å². The number of piperidine rings is 1. The highest BCUT2D eigenvalue weighted by Crippen LogP contribution is 2.16. The molecule has 1 aromatic rings. The van der Waals surface area contributed by atoms with Crippen molar-refractivity contribution >= 4 is 15.9 Å². The van der Waals surface area contributed by atoms with E-state index in [0.717, 1.165) is 24.3 Å². The number of nitrogens with zero attached hydrogens (tertiary/aromatic N) is 1. The highest BCUT2D eigenvalue weighted by atomic mass is 79.9. The van der Waals surface area contributed by atoms with E-state index < -0.39 is 0 Å². The molecular weight excluding hydrogens is 268 g/mol. The van der Waals surface area contributed by atoms with Crippen LogP contribution in [0.4, 0.5) is 0 Å². The standard InChI is InChI=1S/C12H19BrN2O/c13-12-11(4-9-16-12)10-14-5-8-15-6-2-1-3-7-15/h4,9,14H,1-3,5-8,10H2. The first kappa shape index (κ1) is 12.1. The molecule has 1 aromatic heterocycles. The van der Waals surface area contributed by atoms with Crippen molar-refractivity contribution in [2.24, 2.45) is 0 Å². The van der Waals surface area contributed by atoms with E-state index in [0.29, 0.717) is 0 Å². The number of halogens is 1. The summed E-state index contributed by atoms with van der Waals surface area (Å²) in [5.41, 5.74) is 1.19. The molecule has 0 spiro atoms. The Morgan fingerprint density at radius 1 is 1.31 bits per heavy atom. The number of rotatable bonds is 5. The quantitative estimate of drug-likeness (QED) is 0.844. The summed E-state index contributed by atoms with van der Waals surface area (Å²) in [6.45, 7) is 5.65. The number of furan rings is 1. The minimum atomic E-state index is 0.845. The van der Waals surface area contributed by atoms with Crippen molar-refractivity contribution in [1.82, 2.24) is 10.2 Å². The maximum Gasteiger partial charge on any atom is 0.173 e. The van der Waals surface area contributed by atoms with E-state index in [9.17, 15) is 0 Å². The first-order valence-corrected chi connectivity index (χ1v) is 6.80. The molecule has 1 fully saturated rings. The summed E-state index contributed by atoms with van der Waals surface area (Å²) < 4.78 is 6.02. The normalized spacial score (nSPS) is 17.8.